The van der Waals surface area contributed by atoms with E-state index in [0.29, 0.717) is 5.92 Å². The first-order valence-electron chi connectivity index (χ1n) is 13.2. The van der Waals surface area contributed by atoms with Crippen LogP contribution in [0.5, 0.6) is 0 Å². The molecule has 7 atom stereocenters. The monoisotopic (exact) mass is 412 g/mol. The van der Waals surface area contributed by atoms with E-state index >= 15 is 0 Å². The van der Waals surface area contributed by atoms with Crippen LogP contribution in [0.25, 0.3) is 11.1 Å². The molecule has 0 radical (unpaired) electrons. The molecule has 0 N–H and O–H groups in total. The second-order valence-electron chi connectivity index (χ2n) is 12.3. The Labute approximate surface area is 189 Å². The fourth-order valence-electron chi connectivity index (χ4n) is 9.69. The lowest BCUT2D eigenvalue weighted by Crippen LogP contribution is -2.43. The van der Waals surface area contributed by atoms with Crippen LogP contribution in [0.1, 0.15) is 83.3 Å². The van der Waals surface area contributed by atoms with Gasteiger partial charge in [-0.05, 0) is 88.4 Å². The van der Waals surface area contributed by atoms with E-state index in [1.165, 1.54) is 49.7 Å². The lowest BCUT2D eigenvalue weighted by atomic mass is 9.54. The van der Waals surface area contributed by atoms with Crippen molar-refractivity contribution in [1.29, 1.82) is 0 Å². The minimum absolute atomic E-state index is 0.281. The maximum atomic E-state index is 2.64. The Morgan fingerprint density at radius 1 is 0.710 bits per heavy atom. The van der Waals surface area contributed by atoms with Gasteiger partial charge in [-0.2, -0.15) is 0 Å². The van der Waals surface area contributed by atoms with Crippen molar-refractivity contribution in [2.75, 3.05) is 0 Å². The molecule has 0 spiro atoms. The summed E-state index contributed by atoms with van der Waals surface area (Å²) in [7, 11) is 0. The van der Waals surface area contributed by atoms with Crippen molar-refractivity contribution in [2.24, 2.45) is 46.8 Å². The fourth-order valence-corrected chi connectivity index (χ4v) is 9.69. The van der Waals surface area contributed by atoms with Crippen LogP contribution in [0.2, 0.25) is 0 Å². The van der Waals surface area contributed by atoms with Gasteiger partial charge in [0, 0.05) is 5.92 Å². The molecule has 0 aromatic heterocycles. The fraction of sp³-hybridized carbons (Fsp3) is 0.613. The smallest absolute Gasteiger partial charge is 0.0156 e. The van der Waals surface area contributed by atoms with E-state index < -0.39 is 0 Å². The zero-order valence-corrected chi connectivity index (χ0v) is 20.0. The van der Waals surface area contributed by atoms with Crippen molar-refractivity contribution in [3.05, 3.63) is 59.7 Å². The van der Waals surface area contributed by atoms with E-state index in [1.54, 1.807) is 11.1 Å². The van der Waals surface area contributed by atoms with Crippen LogP contribution in [-0.4, -0.2) is 0 Å². The van der Waals surface area contributed by atoms with Gasteiger partial charge in [0.05, 0.1) is 0 Å². The number of fused-ring (bicyclic) bond motifs is 5. The molecular formula is C31H40. The molecule has 6 rings (SSSR count). The predicted molar refractivity (Wildman–Crippen MR) is 131 cm³/mol. The average Bonchev–Trinajstić information content (AvgIpc) is 3.29. The summed E-state index contributed by atoms with van der Waals surface area (Å²) < 4.78 is 0. The van der Waals surface area contributed by atoms with Crippen molar-refractivity contribution < 1.29 is 0 Å². The lowest BCUT2D eigenvalue weighted by molar-refractivity contribution is -0.00602. The first-order chi connectivity index (χ1) is 15.0. The van der Waals surface area contributed by atoms with Gasteiger partial charge in [0.25, 0.3) is 0 Å². The van der Waals surface area contributed by atoms with Gasteiger partial charge in [0.1, 0.15) is 0 Å². The van der Waals surface area contributed by atoms with Gasteiger partial charge in [0.15, 0.2) is 0 Å². The van der Waals surface area contributed by atoms with Gasteiger partial charge < -0.3 is 0 Å². The molecule has 2 aromatic carbocycles. The van der Waals surface area contributed by atoms with Crippen molar-refractivity contribution in [2.45, 2.75) is 72.1 Å². The first kappa shape index (κ1) is 20.1. The van der Waals surface area contributed by atoms with Crippen LogP contribution in [0.4, 0.5) is 0 Å². The normalized spacial score (nSPS) is 37.1. The zero-order valence-electron chi connectivity index (χ0n) is 20.0. The first-order valence-corrected chi connectivity index (χ1v) is 13.2. The van der Waals surface area contributed by atoms with E-state index in [0.717, 1.165) is 41.4 Å². The van der Waals surface area contributed by atoms with E-state index in [-0.39, 0.29) is 5.41 Å². The molecule has 2 aromatic rings. The van der Waals surface area contributed by atoms with Crippen molar-refractivity contribution in [3.8, 4) is 11.1 Å². The minimum atomic E-state index is 0.281. The van der Waals surface area contributed by atoms with Gasteiger partial charge in [0.2, 0.25) is 0 Å². The summed E-state index contributed by atoms with van der Waals surface area (Å²) in [5, 5.41) is 0. The van der Waals surface area contributed by atoms with Crippen molar-refractivity contribution >= 4 is 0 Å². The Morgan fingerprint density at radius 3 is 2.00 bits per heavy atom. The number of hydrogen-bond acceptors (Lipinski definition) is 0. The lowest BCUT2D eigenvalue weighted by Gasteiger charge is -2.51. The van der Waals surface area contributed by atoms with Gasteiger partial charge in [-0.25, -0.2) is 0 Å². The van der Waals surface area contributed by atoms with Crippen LogP contribution >= 0.6 is 0 Å². The van der Waals surface area contributed by atoms with Crippen LogP contribution in [0.3, 0.4) is 0 Å². The second-order valence-corrected chi connectivity index (χ2v) is 12.3. The van der Waals surface area contributed by atoms with E-state index in [2.05, 4.69) is 76.2 Å². The van der Waals surface area contributed by atoms with Crippen molar-refractivity contribution in [1.82, 2.24) is 0 Å². The van der Waals surface area contributed by atoms with Gasteiger partial charge in [-0.1, -0.05) is 95.5 Å². The van der Waals surface area contributed by atoms with Crippen LogP contribution in [-0.2, 0) is 0 Å². The quantitative estimate of drug-likeness (QED) is 0.463. The highest BCUT2D eigenvalue weighted by molar-refractivity contribution is 5.79. The molecule has 3 fully saturated rings. The third-order valence-corrected chi connectivity index (χ3v) is 10.6. The van der Waals surface area contributed by atoms with E-state index in [1.807, 2.05) is 0 Å². The third-order valence-electron chi connectivity index (χ3n) is 10.6. The summed E-state index contributed by atoms with van der Waals surface area (Å²) in [4.78, 5) is 0. The largest absolute Gasteiger partial charge is 0.0622 e. The molecule has 4 aliphatic carbocycles. The van der Waals surface area contributed by atoms with Crippen molar-refractivity contribution in [3.63, 3.8) is 0 Å². The zero-order chi connectivity index (χ0) is 21.3. The molecule has 31 heavy (non-hydrogen) atoms. The molecule has 4 aliphatic rings. The Hall–Kier alpha value is -1.56. The number of rotatable bonds is 2. The average molecular weight is 413 g/mol. The van der Waals surface area contributed by atoms with Gasteiger partial charge in [-0.3, -0.25) is 0 Å². The SMILES string of the molecule is CC1CC2C(C)C3CCCCC3CC2C1C(C)(C)C1c2ccccc2-c2ccccc21. The molecule has 164 valence electrons. The molecule has 0 aliphatic heterocycles. The van der Waals surface area contributed by atoms with E-state index in [4.69, 9.17) is 0 Å². The molecule has 0 saturated heterocycles. The summed E-state index contributed by atoms with van der Waals surface area (Å²) in [6, 6.07) is 18.6. The highest BCUT2D eigenvalue weighted by atomic mass is 14.6. The van der Waals surface area contributed by atoms with Gasteiger partial charge in [-0.15, -0.1) is 0 Å². The molecule has 0 nitrogen and oxygen atoms in total. The molecule has 0 heterocycles. The number of hydrogen-bond donors (Lipinski definition) is 0. The minimum Gasteiger partial charge on any atom is -0.0622 e. The Kier molecular flexibility index (Phi) is 4.68. The number of benzene rings is 2. The summed E-state index contributed by atoms with van der Waals surface area (Å²) in [6.07, 6.45) is 8.99. The predicted octanol–water partition coefficient (Wildman–Crippen LogP) is 8.56. The second kappa shape index (κ2) is 7.23. The molecular weight excluding hydrogens is 372 g/mol. The summed E-state index contributed by atoms with van der Waals surface area (Å²) >= 11 is 0. The third kappa shape index (κ3) is 2.86. The van der Waals surface area contributed by atoms with E-state index in [9.17, 15) is 0 Å². The Balaban J connectivity index is 1.41. The highest BCUT2D eigenvalue weighted by Crippen LogP contribution is 2.65. The summed E-state index contributed by atoms with van der Waals surface area (Å²) in [6.45, 7) is 10.5. The molecule has 0 amide bonds. The maximum Gasteiger partial charge on any atom is 0.0156 e. The molecule has 7 unspecified atom stereocenters. The Morgan fingerprint density at radius 2 is 1.32 bits per heavy atom. The summed E-state index contributed by atoms with van der Waals surface area (Å²) in [5.74, 6) is 7.07. The molecule has 0 heteroatoms. The van der Waals surface area contributed by atoms with Crippen LogP contribution < -0.4 is 0 Å². The highest BCUT2D eigenvalue weighted by Gasteiger charge is 2.57. The van der Waals surface area contributed by atoms with Crippen LogP contribution in [0, 0.1) is 46.8 Å². The molecule has 0 bridgehead atoms. The topological polar surface area (TPSA) is 0 Å². The molecule has 3 saturated carbocycles. The van der Waals surface area contributed by atoms with Crippen LogP contribution in [0.15, 0.2) is 48.5 Å². The van der Waals surface area contributed by atoms with Gasteiger partial charge >= 0.3 is 0 Å². The standard InChI is InChI=1S/C31H40/c1-19-17-27-20(2)22-12-6-5-11-21(22)18-28(27)29(19)31(3,4)30-25-15-9-7-13-23(25)24-14-8-10-16-26(24)30/h7-10,13-16,19-22,27-30H,5-6,11-12,17-18H2,1-4H3. The summed E-state index contributed by atoms with van der Waals surface area (Å²) in [5.41, 5.74) is 6.43. The maximum absolute atomic E-state index is 2.64. The Bertz CT molecular complexity index is 922.